The van der Waals surface area contributed by atoms with Crippen molar-refractivity contribution in [3.05, 3.63) is 59.7 Å². The molecule has 0 aliphatic heterocycles. The molecule has 5 heteroatoms. The van der Waals surface area contributed by atoms with E-state index in [2.05, 4.69) is 10.6 Å². The highest BCUT2D eigenvalue weighted by Gasteiger charge is 2.25. The normalized spacial score (nSPS) is 13.2. The Kier molecular flexibility index (Phi) is 4.79. The summed E-state index contributed by atoms with van der Waals surface area (Å²) in [6.07, 6.45) is 2.03. The predicted octanol–water partition coefficient (Wildman–Crippen LogP) is 3.23. The van der Waals surface area contributed by atoms with Crippen molar-refractivity contribution in [2.75, 3.05) is 11.9 Å². The number of carbonyl (C=O) groups is 2. The molecule has 2 amide bonds. The number of rotatable bonds is 6. The Hall–Kier alpha value is -2.82. The van der Waals surface area contributed by atoms with Gasteiger partial charge in [-0.05, 0) is 44.0 Å². The monoisotopic (exact) mass is 324 g/mol. The topological polar surface area (TPSA) is 67.4 Å². The Morgan fingerprint density at radius 2 is 1.67 bits per heavy atom. The number of nitrogens with one attached hydrogen (secondary N) is 2. The van der Waals surface area contributed by atoms with E-state index < -0.39 is 0 Å². The van der Waals surface area contributed by atoms with Crippen LogP contribution < -0.4 is 15.4 Å². The molecule has 0 heterocycles. The van der Waals surface area contributed by atoms with Crippen molar-refractivity contribution in [2.24, 2.45) is 0 Å². The minimum Gasteiger partial charge on any atom is -0.493 e. The first-order valence-corrected chi connectivity index (χ1v) is 8.12. The van der Waals surface area contributed by atoms with E-state index in [0.717, 1.165) is 12.8 Å². The average Bonchev–Trinajstić information content (AvgIpc) is 3.40. The van der Waals surface area contributed by atoms with Gasteiger partial charge >= 0.3 is 0 Å². The molecule has 0 bridgehead atoms. The van der Waals surface area contributed by atoms with E-state index in [9.17, 15) is 9.59 Å². The van der Waals surface area contributed by atoms with E-state index in [1.165, 1.54) is 0 Å². The third kappa shape index (κ3) is 3.74. The van der Waals surface area contributed by atoms with E-state index in [4.69, 9.17) is 4.74 Å². The van der Waals surface area contributed by atoms with Crippen LogP contribution in [-0.2, 0) is 0 Å². The minimum absolute atomic E-state index is 0.161. The van der Waals surface area contributed by atoms with Gasteiger partial charge in [-0.15, -0.1) is 0 Å². The first-order chi connectivity index (χ1) is 11.7. The van der Waals surface area contributed by atoms with E-state index in [-0.39, 0.29) is 17.9 Å². The Labute approximate surface area is 141 Å². The van der Waals surface area contributed by atoms with Gasteiger partial charge in [-0.1, -0.05) is 24.3 Å². The van der Waals surface area contributed by atoms with Gasteiger partial charge in [0.15, 0.2) is 0 Å². The van der Waals surface area contributed by atoms with Crippen LogP contribution in [0.4, 0.5) is 5.69 Å². The fourth-order valence-electron chi connectivity index (χ4n) is 2.41. The van der Waals surface area contributed by atoms with Crippen molar-refractivity contribution >= 4 is 17.5 Å². The van der Waals surface area contributed by atoms with Gasteiger partial charge in [-0.25, -0.2) is 0 Å². The molecule has 1 saturated carbocycles. The highest BCUT2D eigenvalue weighted by atomic mass is 16.5. The fraction of sp³-hybridized carbons (Fsp3) is 0.263. The molecule has 0 atom stereocenters. The van der Waals surface area contributed by atoms with Gasteiger partial charge in [0.1, 0.15) is 5.75 Å². The van der Waals surface area contributed by atoms with Crippen LogP contribution >= 0.6 is 0 Å². The van der Waals surface area contributed by atoms with Crippen molar-refractivity contribution in [1.29, 1.82) is 0 Å². The van der Waals surface area contributed by atoms with Crippen LogP contribution in [0.2, 0.25) is 0 Å². The van der Waals surface area contributed by atoms with Crippen LogP contribution in [0.25, 0.3) is 0 Å². The molecule has 0 spiro atoms. The van der Waals surface area contributed by atoms with Gasteiger partial charge in [0.05, 0.1) is 23.4 Å². The van der Waals surface area contributed by atoms with Gasteiger partial charge in [0, 0.05) is 6.04 Å². The highest BCUT2D eigenvalue weighted by Crippen LogP contribution is 2.23. The van der Waals surface area contributed by atoms with Gasteiger partial charge in [-0.2, -0.15) is 0 Å². The number of hydrogen-bond donors (Lipinski definition) is 2. The van der Waals surface area contributed by atoms with Crippen molar-refractivity contribution in [1.82, 2.24) is 5.32 Å². The number of anilines is 1. The Balaban J connectivity index is 1.81. The molecule has 0 unspecified atom stereocenters. The van der Waals surface area contributed by atoms with Crippen LogP contribution in [0.15, 0.2) is 48.5 Å². The maximum absolute atomic E-state index is 12.6. The summed E-state index contributed by atoms with van der Waals surface area (Å²) in [6, 6.07) is 14.3. The second-order valence-electron chi connectivity index (χ2n) is 5.68. The fourth-order valence-corrected chi connectivity index (χ4v) is 2.41. The van der Waals surface area contributed by atoms with Gasteiger partial charge in [0.2, 0.25) is 0 Å². The second kappa shape index (κ2) is 7.17. The zero-order valence-electron chi connectivity index (χ0n) is 13.5. The third-order valence-electron chi connectivity index (χ3n) is 3.76. The number of benzene rings is 2. The molecular formula is C19H20N2O3. The van der Waals surface area contributed by atoms with Crippen LogP contribution in [0.3, 0.4) is 0 Å². The number of para-hydroxylation sites is 2. The molecule has 1 fully saturated rings. The molecule has 2 aromatic carbocycles. The third-order valence-corrected chi connectivity index (χ3v) is 3.76. The molecule has 1 aliphatic carbocycles. The first kappa shape index (κ1) is 16.1. The summed E-state index contributed by atoms with van der Waals surface area (Å²) in [7, 11) is 0. The van der Waals surface area contributed by atoms with Crippen molar-refractivity contribution < 1.29 is 14.3 Å². The zero-order valence-corrected chi connectivity index (χ0v) is 13.5. The van der Waals surface area contributed by atoms with Gasteiger partial charge in [0.25, 0.3) is 11.8 Å². The van der Waals surface area contributed by atoms with Crippen LogP contribution in [-0.4, -0.2) is 24.5 Å². The minimum atomic E-state index is -0.300. The number of carbonyl (C=O) groups excluding carboxylic acids is 2. The molecule has 1 aliphatic rings. The Bertz CT molecular complexity index is 754. The lowest BCUT2D eigenvalue weighted by Gasteiger charge is -2.13. The van der Waals surface area contributed by atoms with Crippen LogP contribution in [0, 0.1) is 0 Å². The summed E-state index contributed by atoms with van der Waals surface area (Å²) in [5.41, 5.74) is 1.40. The summed E-state index contributed by atoms with van der Waals surface area (Å²) >= 11 is 0. The smallest absolute Gasteiger partial charge is 0.259 e. The summed E-state index contributed by atoms with van der Waals surface area (Å²) in [6.45, 7) is 2.34. The molecule has 124 valence electrons. The molecule has 3 rings (SSSR count). The standard InChI is InChI=1S/C19H20N2O3/c1-2-24-17-10-6-4-8-15(17)19(23)21-16-9-5-3-7-14(16)18(22)20-13-11-12-13/h3-10,13H,2,11-12H2,1H3,(H,20,22)(H,21,23). The maximum atomic E-state index is 12.6. The molecule has 0 aromatic heterocycles. The molecule has 2 aromatic rings. The molecule has 0 saturated heterocycles. The van der Waals surface area contributed by atoms with Crippen molar-refractivity contribution in [2.45, 2.75) is 25.8 Å². The second-order valence-corrected chi connectivity index (χ2v) is 5.68. The van der Waals surface area contributed by atoms with E-state index in [1.54, 1.807) is 42.5 Å². The number of hydrogen-bond acceptors (Lipinski definition) is 3. The number of amides is 2. The Morgan fingerprint density at radius 3 is 2.38 bits per heavy atom. The highest BCUT2D eigenvalue weighted by molar-refractivity contribution is 6.10. The molecule has 5 nitrogen and oxygen atoms in total. The average molecular weight is 324 g/mol. The van der Waals surface area contributed by atoms with Crippen LogP contribution in [0.5, 0.6) is 5.75 Å². The molecule has 24 heavy (non-hydrogen) atoms. The summed E-state index contributed by atoms with van der Waals surface area (Å²) < 4.78 is 5.49. The predicted molar refractivity (Wildman–Crippen MR) is 92.5 cm³/mol. The quantitative estimate of drug-likeness (QED) is 0.857. The van der Waals surface area contributed by atoms with Crippen molar-refractivity contribution in [3.63, 3.8) is 0 Å². The summed E-state index contributed by atoms with van der Waals surface area (Å²) in [4.78, 5) is 24.9. The lowest BCUT2D eigenvalue weighted by atomic mass is 10.1. The molecular weight excluding hydrogens is 304 g/mol. The first-order valence-electron chi connectivity index (χ1n) is 8.12. The van der Waals surface area contributed by atoms with Gasteiger partial charge in [-0.3, -0.25) is 9.59 Å². The molecule has 2 N–H and O–H groups in total. The Morgan fingerprint density at radius 1 is 1.00 bits per heavy atom. The van der Waals surface area contributed by atoms with Crippen LogP contribution in [0.1, 0.15) is 40.5 Å². The lowest BCUT2D eigenvalue weighted by Crippen LogP contribution is -2.27. The van der Waals surface area contributed by atoms with Gasteiger partial charge < -0.3 is 15.4 Å². The zero-order chi connectivity index (χ0) is 16.9. The van der Waals surface area contributed by atoms with E-state index >= 15 is 0 Å². The molecule has 0 radical (unpaired) electrons. The largest absolute Gasteiger partial charge is 0.493 e. The van der Waals surface area contributed by atoms with E-state index in [0.29, 0.717) is 29.2 Å². The number of ether oxygens (including phenoxy) is 1. The van der Waals surface area contributed by atoms with E-state index in [1.807, 2.05) is 13.0 Å². The summed E-state index contributed by atoms with van der Waals surface area (Å²) in [5.74, 6) is 0.0645. The summed E-state index contributed by atoms with van der Waals surface area (Å²) in [5, 5.41) is 5.76. The maximum Gasteiger partial charge on any atom is 0.259 e. The SMILES string of the molecule is CCOc1ccccc1C(=O)Nc1ccccc1C(=O)NC1CC1. The lowest BCUT2D eigenvalue weighted by molar-refractivity contribution is 0.0952. The van der Waals surface area contributed by atoms with Crippen molar-refractivity contribution in [3.8, 4) is 5.75 Å².